The molecule has 0 aliphatic heterocycles. The molecule has 0 aromatic carbocycles. The van der Waals surface area contributed by atoms with Gasteiger partial charge >= 0.3 is 11.9 Å². The van der Waals surface area contributed by atoms with E-state index in [0.717, 1.165) is 83.5 Å². The highest BCUT2D eigenvalue weighted by atomic mass is 16.6. The minimum absolute atomic E-state index is 0.0856. The number of aliphatic hydroxyl groups excluding tert-OH is 1. The SMILES string of the molecule is CCCCCC=CCC=CCC=CCCCCCCC(=O)OC[C@H](CO)OC(=O)CCCCCCCC=CCC=CCCCCC. The van der Waals surface area contributed by atoms with Gasteiger partial charge in [-0.2, -0.15) is 0 Å². The van der Waals surface area contributed by atoms with E-state index in [2.05, 4.69) is 74.6 Å². The Bertz CT molecular complexity index is 823. The van der Waals surface area contributed by atoms with Crippen molar-refractivity contribution in [1.82, 2.24) is 0 Å². The number of unbranched alkanes of at least 4 members (excludes halogenated alkanes) is 15. The van der Waals surface area contributed by atoms with Crippen LogP contribution >= 0.6 is 0 Å². The predicted octanol–water partition coefficient (Wildman–Crippen LogP) is 11.6. The van der Waals surface area contributed by atoms with Crippen molar-refractivity contribution in [3.63, 3.8) is 0 Å². The van der Waals surface area contributed by atoms with Crippen LogP contribution in [0.3, 0.4) is 0 Å². The van der Waals surface area contributed by atoms with Crippen molar-refractivity contribution in [3.8, 4) is 0 Å². The Hall–Kier alpha value is -2.40. The van der Waals surface area contributed by atoms with E-state index in [-0.39, 0.29) is 25.2 Å². The zero-order valence-corrected chi connectivity index (χ0v) is 29.8. The summed E-state index contributed by atoms with van der Waals surface area (Å²) in [5.41, 5.74) is 0. The molecule has 0 fully saturated rings. The van der Waals surface area contributed by atoms with Gasteiger partial charge < -0.3 is 14.6 Å². The van der Waals surface area contributed by atoms with Crippen molar-refractivity contribution in [2.24, 2.45) is 0 Å². The summed E-state index contributed by atoms with van der Waals surface area (Å²) in [7, 11) is 0. The number of rotatable bonds is 33. The minimum atomic E-state index is -0.789. The smallest absolute Gasteiger partial charge is 0.306 e. The summed E-state index contributed by atoms with van der Waals surface area (Å²) in [6, 6.07) is 0. The number of ether oxygens (including phenoxy) is 2. The first-order valence-corrected chi connectivity index (χ1v) is 18.8. The van der Waals surface area contributed by atoms with Crippen molar-refractivity contribution < 1.29 is 24.2 Å². The molecule has 5 heteroatoms. The van der Waals surface area contributed by atoms with Gasteiger partial charge in [0, 0.05) is 12.8 Å². The Morgan fingerprint density at radius 3 is 1.30 bits per heavy atom. The van der Waals surface area contributed by atoms with E-state index < -0.39 is 6.10 Å². The Morgan fingerprint density at radius 2 is 0.870 bits per heavy atom. The lowest BCUT2D eigenvalue weighted by atomic mass is 10.1. The summed E-state index contributed by atoms with van der Waals surface area (Å²) in [4.78, 5) is 24.2. The van der Waals surface area contributed by atoms with E-state index in [9.17, 15) is 14.7 Å². The highest BCUT2D eigenvalue weighted by Crippen LogP contribution is 2.11. The van der Waals surface area contributed by atoms with Crippen LogP contribution in [-0.4, -0.2) is 36.4 Å². The van der Waals surface area contributed by atoms with Gasteiger partial charge in [0.05, 0.1) is 6.61 Å². The van der Waals surface area contributed by atoms with Gasteiger partial charge in [0.1, 0.15) is 6.61 Å². The van der Waals surface area contributed by atoms with Crippen molar-refractivity contribution in [2.75, 3.05) is 13.2 Å². The molecule has 0 aliphatic rings. The fourth-order valence-electron chi connectivity index (χ4n) is 4.88. The molecular formula is C41H70O5. The lowest BCUT2D eigenvalue weighted by Gasteiger charge is -2.15. The molecule has 5 nitrogen and oxygen atoms in total. The lowest BCUT2D eigenvalue weighted by molar-refractivity contribution is -0.161. The predicted molar refractivity (Wildman–Crippen MR) is 196 cm³/mol. The molecule has 0 heterocycles. The first kappa shape index (κ1) is 43.6. The summed E-state index contributed by atoms with van der Waals surface area (Å²) in [6.45, 7) is 4.03. The average molecular weight is 643 g/mol. The molecule has 0 radical (unpaired) electrons. The molecule has 0 amide bonds. The van der Waals surface area contributed by atoms with Crippen molar-refractivity contribution in [1.29, 1.82) is 0 Å². The first-order chi connectivity index (χ1) is 22.6. The van der Waals surface area contributed by atoms with Crippen LogP contribution in [0.1, 0.15) is 168 Å². The molecule has 0 saturated heterocycles. The molecule has 264 valence electrons. The summed E-state index contributed by atoms with van der Waals surface area (Å²) in [5, 5.41) is 9.53. The maximum Gasteiger partial charge on any atom is 0.306 e. The van der Waals surface area contributed by atoms with E-state index in [1.807, 2.05) is 0 Å². The highest BCUT2D eigenvalue weighted by Gasteiger charge is 2.16. The fraction of sp³-hybridized carbons (Fsp3) is 0.707. The zero-order valence-electron chi connectivity index (χ0n) is 29.8. The van der Waals surface area contributed by atoms with E-state index >= 15 is 0 Å². The monoisotopic (exact) mass is 643 g/mol. The molecule has 0 rings (SSSR count). The van der Waals surface area contributed by atoms with Crippen LogP contribution in [0.2, 0.25) is 0 Å². The van der Waals surface area contributed by atoms with Gasteiger partial charge in [-0.15, -0.1) is 0 Å². The van der Waals surface area contributed by atoms with E-state index in [1.165, 1.54) is 57.8 Å². The van der Waals surface area contributed by atoms with Crippen molar-refractivity contribution >= 4 is 11.9 Å². The van der Waals surface area contributed by atoms with Crippen LogP contribution in [-0.2, 0) is 19.1 Å². The molecule has 0 aromatic rings. The minimum Gasteiger partial charge on any atom is -0.462 e. The second kappa shape index (κ2) is 37.1. The Labute approximate surface area is 283 Å². The van der Waals surface area contributed by atoms with E-state index in [0.29, 0.717) is 12.8 Å². The van der Waals surface area contributed by atoms with E-state index in [1.54, 1.807) is 0 Å². The van der Waals surface area contributed by atoms with Gasteiger partial charge in [-0.05, 0) is 83.5 Å². The van der Waals surface area contributed by atoms with Gasteiger partial charge in [0.25, 0.3) is 0 Å². The molecule has 0 unspecified atom stereocenters. The van der Waals surface area contributed by atoms with Crippen molar-refractivity contribution in [3.05, 3.63) is 60.8 Å². The summed E-state index contributed by atoms with van der Waals surface area (Å²) in [6.07, 6.45) is 47.0. The maximum atomic E-state index is 12.1. The molecule has 0 aliphatic carbocycles. The second-order valence-electron chi connectivity index (χ2n) is 12.3. The number of allylic oxidation sites excluding steroid dienone is 10. The number of hydrogen-bond donors (Lipinski definition) is 1. The van der Waals surface area contributed by atoms with Crippen LogP contribution in [0.15, 0.2) is 60.8 Å². The zero-order chi connectivity index (χ0) is 33.6. The number of carbonyl (C=O) groups excluding carboxylic acids is 2. The first-order valence-electron chi connectivity index (χ1n) is 18.8. The number of hydrogen-bond acceptors (Lipinski definition) is 5. The third-order valence-corrected chi connectivity index (χ3v) is 7.78. The molecule has 46 heavy (non-hydrogen) atoms. The fourth-order valence-corrected chi connectivity index (χ4v) is 4.88. The van der Waals surface area contributed by atoms with Crippen LogP contribution in [0.5, 0.6) is 0 Å². The van der Waals surface area contributed by atoms with Gasteiger partial charge in [0.2, 0.25) is 0 Å². The van der Waals surface area contributed by atoms with Gasteiger partial charge in [0.15, 0.2) is 6.10 Å². The topological polar surface area (TPSA) is 72.8 Å². The maximum absolute atomic E-state index is 12.1. The molecule has 0 aromatic heterocycles. The van der Waals surface area contributed by atoms with Gasteiger partial charge in [-0.1, -0.05) is 132 Å². The number of carbonyl (C=O) groups is 2. The third kappa shape index (κ3) is 34.5. The van der Waals surface area contributed by atoms with Crippen LogP contribution in [0.4, 0.5) is 0 Å². The van der Waals surface area contributed by atoms with Crippen LogP contribution in [0.25, 0.3) is 0 Å². The standard InChI is InChI=1S/C41H70O5/c1-3-5-7-9-11-13-15-17-19-20-22-23-25-27-29-31-33-35-40(43)45-38-39(37-42)46-41(44)36-34-32-30-28-26-24-21-18-16-14-12-10-8-6-4-2/h11-14,17-19,21-23,39,42H,3-10,15-16,20,24-38H2,1-2H3/t39-/m0/s1. The molecule has 0 bridgehead atoms. The summed E-state index contributed by atoms with van der Waals surface area (Å²) < 4.78 is 10.6. The van der Waals surface area contributed by atoms with Gasteiger partial charge in [-0.25, -0.2) is 0 Å². The molecule has 1 N–H and O–H groups in total. The second-order valence-corrected chi connectivity index (χ2v) is 12.3. The van der Waals surface area contributed by atoms with E-state index in [4.69, 9.17) is 9.47 Å². The Kier molecular flexibility index (Phi) is 35.1. The third-order valence-electron chi connectivity index (χ3n) is 7.78. The molecule has 1 atom stereocenters. The van der Waals surface area contributed by atoms with Gasteiger partial charge in [-0.3, -0.25) is 9.59 Å². The lowest BCUT2D eigenvalue weighted by Crippen LogP contribution is -2.28. The molecular weight excluding hydrogens is 572 g/mol. The number of aliphatic hydroxyl groups is 1. The van der Waals surface area contributed by atoms with Crippen molar-refractivity contribution in [2.45, 2.75) is 174 Å². The van der Waals surface area contributed by atoms with Crippen LogP contribution in [0, 0.1) is 0 Å². The summed E-state index contributed by atoms with van der Waals surface area (Å²) in [5.74, 6) is -0.637. The largest absolute Gasteiger partial charge is 0.462 e. The quantitative estimate of drug-likeness (QED) is 0.0438. The highest BCUT2D eigenvalue weighted by molar-refractivity contribution is 5.70. The average Bonchev–Trinajstić information content (AvgIpc) is 3.06. The normalized spacial score (nSPS) is 12.8. The molecule has 0 saturated carbocycles. The number of esters is 2. The Balaban J connectivity index is 3.66. The summed E-state index contributed by atoms with van der Waals surface area (Å²) >= 11 is 0. The Morgan fingerprint density at radius 1 is 0.500 bits per heavy atom. The molecule has 0 spiro atoms. The van der Waals surface area contributed by atoms with Crippen LogP contribution < -0.4 is 0 Å².